The van der Waals surface area contributed by atoms with Gasteiger partial charge in [-0.1, -0.05) is 130 Å². The van der Waals surface area contributed by atoms with E-state index in [1.807, 2.05) is 0 Å². The number of hydrogen-bond acceptors (Lipinski definition) is 0. The summed E-state index contributed by atoms with van der Waals surface area (Å²) in [6.45, 7) is 9.38. The normalized spacial score (nSPS) is 13.5. The largest absolute Gasteiger partial charge is 0.257 e. The lowest BCUT2D eigenvalue weighted by Gasteiger charge is -2.17. The van der Waals surface area contributed by atoms with Crippen LogP contribution in [0.15, 0.2) is 12.4 Å². The van der Waals surface area contributed by atoms with Crippen LogP contribution in [0.25, 0.3) is 0 Å². The molecule has 0 spiro atoms. The van der Waals surface area contributed by atoms with Gasteiger partial charge in [0.05, 0.1) is 12.0 Å². The maximum atomic E-state index is 3.67. The number of aromatic amines is 1. The Hall–Kier alpha value is -0.790. The topological polar surface area (TPSA) is 19.7 Å². The van der Waals surface area contributed by atoms with Gasteiger partial charge in [-0.15, -0.1) is 0 Å². The number of nitrogens with one attached hydrogen (secondary N) is 1. The van der Waals surface area contributed by atoms with Crippen LogP contribution in [-0.4, -0.2) is 4.98 Å². The van der Waals surface area contributed by atoms with Gasteiger partial charge in [-0.05, 0) is 32.6 Å². The van der Waals surface area contributed by atoms with Gasteiger partial charge in [0.15, 0.2) is 0 Å². The standard InChI is InChI=1S/C30H58N2/c1-5-8-11-13-15-16-17-18-21-23-28(4)32-27-26-31-30(32)29(24-20-10-7-3)25-22-19-14-12-9-6-2/h26-29H,5-25H2,1-4H3/p+1. The van der Waals surface area contributed by atoms with E-state index in [0.717, 1.165) is 0 Å². The molecule has 0 aliphatic heterocycles. The number of H-pyrrole nitrogens is 1. The first kappa shape index (κ1) is 29.2. The number of imidazole rings is 1. The molecule has 188 valence electrons. The van der Waals surface area contributed by atoms with Crippen molar-refractivity contribution < 1.29 is 4.57 Å². The van der Waals surface area contributed by atoms with Gasteiger partial charge in [-0.2, -0.15) is 0 Å². The lowest BCUT2D eigenvalue weighted by Crippen LogP contribution is -2.41. The van der Waals surface area contributed by atoms with E-state index >= 15 is 0 Å². The van der Waals surface area contributed by atoms with E-state index in [4.69, 9.17) is 0 Å². The summed E-state index contributed by atoms with van der Waals surface area (Å²) in [6.07, 6.45) is 33.8. The fourth-order valence-electron chi connectivity index (χ4n) is 5.19. The van der Waals surface area contributed by atoms with Gasteiger partial charge < -0.3 is 0 Å². The summed E-state index contributed by atoms with van der Waals surface area (Å²) in [4.78, 5) is 3.67. The molecule has 1 aromatic heterocycles. The van der Waals surface area contributed by atoms with E-state index in [0.29, 0.717) is 12.0 Å². The molecule has 32 heavy (non-hydrogen) atoms. The van der Waals surface area contributed by atoms with Crippen LogP contribution < -0.4 is 4.57 Å². The molecule has 0 bridgehead atoms. The third-order valence-electron chi connectivity index (χ3n) is 7.39. The number of rotatable bonds is 23. The summed E-state index contributed by atoms with van der Waals surface area (Å²) in [7, 11) is 0. The average molecular weight is 448 g/mol. The van der Waals surface area contributed by atoms with Crippen molar-refractivity contribution in [1.82, 2.24) is 4.98 Å². The Labute approximate surface area is 202 Å². The van der Waals surface area contributed by atoms with Crippen LogP contribution in [0.1, 0.15) is 180 Å². The van der Waals surface area contributed by atoms with E-state index in [1.165, 1.54) is 141 Å². The zero-order valence-electron chi connectivity index (χ0n) is 22.6. The van der Waals surface area contributed by atoms with Crippen molar-refractivity contribution in [2.45, 2.75) is 174 Å². The average Bonchev–Trinajstić information content (AvgIpc) is 3.29. The molecule has 0 saturated heterocycles. The Bertz CT molecular complexity index is 507. The van der Waals surface area contributed by atoms with Crippen molar-refractivity contribution >= 4 is 0 Å². The predicted octanol–water partition coefficient (Wildman–Crippen LogP) is 10.2. The summed E-state index contributed by atoms with van der Waals surface area (Å²) in [5.74, 6) is 2.23. The smallest absolute Gasteiger partial charge is 0.247 e. The number of hydrogen-bond donors (Lipinski definition) is 1. The Morgan fingerprint density at radius 1 is 0.594 bits per heavy atom. The van der Waals surface area contributed by atoms with Crippen molar-refractivity contribution in [3.05, 3.63) is 18.2 Å². The minimum atomic E-state index is 0.624. The van der Waals surface area contributed by atoms with Crippen LogP contribution in [0.4, 0.5) is 0 Å². The highest BCUT2D eigenvalue weighted by atomic mass is 15.1. The molecule has 1 aromatic rings. The molecule has 0 aromatic carbocycles. The molecule has 2 unspecified atom stereocenters. The first-order valence-corrected chi connectivity index (χ1v) is 14.8. The fraction of sp³-hybridized carbons (Fsp3) is 0.900. The van der Waals surface area contributed by atoms with E-state index < -0.39 is 0 Å². The lowest BCUT2D eigenvalue weighted by atomic mass is 9.93. The van der Waals surface area contributed by atoms with Crippen molar-refractivity contribution in [3.63, 3.8) is 0 Å². The van der Waals surface area contributed by atoms with Crippen molar-refractivity contribution in [1.29, 1.82) is 0 Å². The second-order valence-corrected chi connectivity index (χ2v) is 10.5. The van der Waals surface area contributed by atoms with Crippen molar-refractivity contribution in [2.24, 2.45) is 0 Å². The van der Waals surface area contributed by atoms with Crippen molar-refractivity contribution in [3.8, 4) is 0 Å². The van der Waals surface area contributed by atoms with Crippen LogP contribution >= 0.6 is 0 Å². The van der Waals surface area contributed by atoms with Crippen molar-refractivity contribution in [2.75, 3.05) is 0 Å². The molecule has 0 aliphatic carbocycles. The summed E-state index contributed by atoms with van der Waals surface area (Å²) in [5.41, 5.74) is 0. The molecule has 0 fully saturated rings. The molecule has 2 nitrogen and oxygen atoms in total. The van der Waals surface area contributed by atoms with Crippen LogP contribution in [0.5, 0.6) is 0 Å². The molecule has 0 aliphatic rings. The van der Waals surface area contributed by atoms with Gasteiger partial charge in [-0.3, -0.25) is 0 Å². The summed E-state index contributed by atoms with van der Waals surface area (Å²) < 4.78 is 2.60. The number of unbranched alkanes of at least 4 members (excludes halogenated alkanes) is 15. The van der Waals surface area contributed by atoms with Gasteiger partial charge in [0.1, 0.15) is 12.4 Å². The molecule has 2 atom stereocenters. The molecule has 0 amide bonds. The quantitative estimate of drug-likeness (QED) is 0.127. The molecule has 1 rings (SSSR count). The first-order chi connectivity index (χ1) is 15.7. The molecular formula is C30H59N2+. The monoisotopic (exact) mass is 447 g/mol. The van der Waals surface area contributed by atoms with Gasteiger partial charge in [-0.25, -0.2) is 9.55 Å². The fourth-order valence-corrected chi connectivity index (χ4v) is 5.19. The van der Waals surface area contributed by atoms with Crippen LogP contribution in [0.3, 0.4) is 0 Å². The highest BCUT2D eigenvalue weighted by Gasteiger charge is 2.25. The minimum Gasteiger partial charge on any atom is -0.247 e. The third-order valence-corrected chi connectivity index (χ3v) is 7.39. The highest BCUT2D eigenvalue weighted by Crippen LogP contribution is 2.27. The molecule has 1 heterocycles. The molecule has 2 heteroatoms. The van der Waals surface area contributed by atoms with E-state index in [9.17, 15) is 0 Å². The van der Waals surface area contributed by atoms with Gasteiger partial charge >= 0.3 is 0 Å². The highest BCUT2D eigenvalue weighted by molar-refractivity contribution is 4.90. The molecule has 0 radical (unpaired) electrons. The molecule has 1 N–H and O–H groups in total. The predicted molar refractivity (Wildman–Crippen MR) is 142 cm³/mol. The minimum absolute atomic E-state index is 0.624. The van der Waals surface area contributed by atoms with Crippen LogP contribution in [0, 0.1) is 0 Å². The third kappa shape index (κ3) is 13.7. The molecule has 0 saturated carbocycles. The SMILES string of the molecule is CCCCCCCCCCCC(C)[n+]1cc[nH]c1C(CCCCC)CCCCCCCC. The second kappa shape index (κ2) is 20.8. The number of nitrogens with zero attached hydrogens (tertiary/aromatic N) is 1. The summed E-state index contributed by atoms with van der Waals surface area (Å²) in [5, 5.41) is 0. The first-order valence-electron chi connectivity index (χ1n) is 14.8. The lowest BCUT2D eigenvalue weighted by molar-refractivity contribution is -0.727. The van der Waals surface area contributed by atoms with E-state index in [2.05, 4.69) is 49.6 Å². The zero-order valence-corrected chi connectivity index (χ0v) is 22.6. The maximum Gasteiger partial charge on any atom is 0.257 e. The summed E-state index contributed by atoms with van der Waals surface area (Å²) in [6, 6.07) is 0.624. The number of aromatic nitrogens is 2. The van der Waals surface area contributed by atoms with Gasteiger partial charge in [0.25, 0.3) is 5.82 Å². The van der Waals surface area contributed by atoms with Crippen LogP contribution in [-0.2, 0) is 0 Å². The Kier molecular flexibility index (Phi) is 19.0. The van der Waals surface area contributed by atoms with E-state index in [-0.39, 0.29) is 0 Å². The second-order valence-electron chi connectivity index (χ2n) is 10.5. The Balaban J connectivity index is 2.42. The zero-order chi connectivity index (χ0) is 23.3. The van der Waals surface area contributed by atoms with Crippen LogP contribution in [0.2, 0.25) is 0 Å². The Morgan fingerprint density at radius 2 is 1.00 bits per heavy atom. The Morgan fingerprint density at radius 3 is 1.53 bits per heavy atom. The van der Waals surface area contributed by atoms with Gasteiger partial charge in [0.2, 0.25) is 0 Å². The summed E-state index contributed by atoms with van der Waals surface area (Å²) >= 11 is 0. The van der Waals surface area contributed by atoms with E-state index in [1.54, 1.807) is 0 Å². The maximum absolute atomic E-state index is 3.67. The van der Waals surface area contributed by atoms with Gasteiger partial charge in [0, 0.05) is 0 Å². The molecular weight excluding hydrogens is 388 g/mol.